The van der Waals surface area contributed by atoms with Crippen molar-refractivity contribution in [1.29, 1.82) is 0 Å². The Morgan fingerprint density at radius 2 is 2.04 bits per heavy atom. The van der Waals surface area contributed by atoms with E-state index in [9.17, 15) is 9.59 Å². The first kappa shape index (κ1) is 16.5. The van der Waals surface area contributed by atoms with Gasteiger partial charge < -0.3 is 10.1 Å². The summed E-state index contributed by atoms with van der Waals surface area (Å²) in [6, 6.07) is 7.31. The first-order valence-corrected chi connectivity index (χ1v) is 8.57. The van der Waals surface area contributed by atoms with Crippen LogP contribution in [0.25, 0.3) is 10.9 Å². The molecule has 1 atom stereocenters. The molecule has 1 aromatic heterocycles. The maximum atomic E-state index is 12.3. The lowest BCUT2D eigenvalue weighted by Crippen LogP contribution is -2.38. The zero-order valence-electron chi connectivity index (χ0n) is 13.9. The van der Waals surface area contributed by atoms with Crippen LogP contribution in [-0.4, -0.2) is 34.7 Å². The Morgan fingerprint density at radius 1 is 1.29 bits per heavy atom. The number of amides is 1. The van der Waals surface area contributed by atoms with E-state index in [1.807, 2.05) is 18.2 Å². The van der Waals surface area contributed by atoms with E-state index in [0.29, 0.717) is 17.8 Å². The molecule has 0 radical (unpaired) electrons. The summed E-state index contributed by atoms with van der Waals surface area (Å²) >= 11 is 0. The molecule has 6 heteroatoms. The second-order valence-corrected chi connectivity index (χ2v) is 6.41. The summed E-state index contributed by atoms with van der Waals surface area (Å²) in [5, 5.41) is 10.4. The first-order chi connectivity index (χ1) is 11.6. The number of esters is 1. The molecule has 1 aliphatic rings. The molecular weight excluding hydrogens is 306 g/mol. The molecule has 2 N–H and O–H groups in total. The highest BCUT2D eigenvalue weighted by Gasteiger charge is 2.23. The van der Waals surface area contributed by atoms with E-state index in [-0.39, 0.29) is 11.6 Å². The molecule has 0 bridgehead atoms. The highest BCUT2D eigenvalue weighted by molar-refractivity contribution is 6.02. The lowest BCUT2D eigenvalue weighted by molar-refractivity contribution is -0.129. The molecule has 1 fully saturated rings. The van der Waals surface area contributed by atoms with Gasteiger partial charge in [-0.3, -0.25) is 9.89 Å². The summed E-state index contributed by atoms with van der Waals surface area (Å²) in [5.74, 6) is -0.303. The topological polar surface area (TPSA) is 84.1 Å². The molecule has 0 spiro atoms. The van der Waals surface area contributed by atoms with E-state index in [1.165, 1.54) is 19.3 Å². The fourth-order valence-corrected chi connectivity index (χ4v) is 3.17. The minimum atomic E-state index is -0.837. The third-order valence-corrected chi connectivity index (χ3v) is 4.61. The lowest BCUT2D eigenvalue weighted by atomic mass is 9.89. The molecule has 2 aromatic rings. The number of hydrogen-bond donors (Lipinski definition) is 2. The van der Waals surface area contributed by atoms with Gasteiger partial charge >= 0.3 is 5.97 Å². The number of ether oxygens (including phenoxy) is 1. The van der Waals surface area contributed by atoms with Crippen LogP contribution in [0.3, 0.4) is 0 Å². The van der Waals surface area contributed by atoms with Crippen LogP contribution in [0.1, 0.15) is 49.5 Å². The Bertz CT molecular complexity index is 719. The highest BCUT2D eigenvalue weighted by Crippen LogP contribution is 2.22. The average molecular weight is 329 g/mol. The van der Waals surface area contributed by atoms with E-state index < -0.39 is 12.1 Å². The van der Waals surface area contributed by atoms with Crippen molar-refractivity contribution in [3.05, 3.63) is 30.0 Å². The molecule has 0 aliphatic heterocycles. The van der Waals surface area contributed by atoms with Crippen molar-refractivity contribution >= 4 is 22.8 Å². The number of H-pyrrole nitrogens is 1. The number of para-hydroxylation sites is 1. The number of carbonyl (C=O) groups excluding carboxylic acids is 2. The fourth-order valence-electron chi connectivity index (χ4n) is 3.17. The van der Waals surface area contributed by atoms with Crippen LogP contribution in [0.2, 0.25) is 0 Å². The maximum Gasteiger partial charge on any atom is 0.360 e. The zero-order valence-corrected chi connectivity index (χ0v) is 13.9. The molecule has 1 aromatic carbocycles. The van der Waals surface area contributed by atoms with Gasteiger partial charge in [-0.25, -0.2) is 4.79 Å². The third kappa shape index (κ3) is 3.75. The third-order valence-electron chi connectivity index (χ3n) is 4.61. The van der Waals surface area contributed by atoms with Crippen LogP contribution in [0.4, 0.5) is 0 Å². The predicted octanol–water partition coefficient (Wildman–Crippen LogP) is 2.80. The van der Waals surface area contributed by atoms with Gasteiger partial charge in [0, 0.05) is 11.9 Å². The summed E-state index contributed by atoms with van der Waals surface area (Å²) in [7, 11) is 0. The van der Waals surface area contributed by atoms with Crippen molar-refractivity contribution < 1.29 is 14.3 Å². The Balaban J connectivity index is 1.54. The van der Waals surface area contributed by atoms with Crippen molar-refractivity contribution in [2.24, 2.45) is 5.92 Å². The van der Waals surface area contributed by atoms with E-state index in [1.54, 1.807) is 13.0 Å². The van der Waals surface area contributed by atoms with Crippen molar-refractivity contribution in [3.8, 4) is 0 Å². The molecule has 1 saturated carbocycles. The van der Waals surface area contributed by atoms with Crippen LogP contribution in [0.15, 0.2) is 24.3 Å². The van der Waals surface area contributed by atoms with Gasteiger partial charge in [0.15, 0.2) is 11.8 Å². The van der Waals surface area contributed by atoms with E-state index >= 15 is 0 Å². The standard InChI is InChI=1S/C18H23N3O3/c1-12(17(22)19-11-13-7-3-2-4-8-13)24-18(23)16-14-9-5-6-10-15(14)20-21-16/h5-6,9-10,12-13H,2-4,7-8,11H2,1H3,(H,19,22)(H,20,21)/t12-/m0/s1. The lowest BCUT2D eigenvalue weighted by Gasteiger charge is -2.22. The number of fused-ring (bicyclic) bond motifs is 1. The quantitative estimate of drug-likeness (QED) is 0.826. The van der Waals surface area contributed by atoms with E-state index in [4.69, 9.17) is 4.74 Å². The summed E-state index contributed by atoms with van der Waals surface area (Å²) in [4.78, 5) is 24.4. The molecule has 1 aliphatic carbocycles. The maximum absolute atomic E-state index is 12.3. The minimum Gasteiger partial charge on any atom is -0.448 e. The number of hydrogen-bond acceptors (Lipinski definition) is 4. The largest absolute Gasteiger partial charge is 0.448 e. The zero-order chi connectivity index (χ0) is 16.9. The van der Waals surface area contributed by atoms with Crippen molar-refractivity contribution in [2.45, 2.75) is 45.1 Å². The van der Waals surface area contributed by atoms with Gasteiger partial charge in [-0.2, -0.15) is 5.10 Å². The summed E-state index contributed by atoms with van der Waals surface area (Å²) in [5.41, 5.74) is 0.969. The number of rotatable bonds is 5. The van der Waals surface area contributed by atoms with Gasteiger partial charge in [-0.15, -0.1) is 0 Å². The summed E-state index contributed by atoms with van der Waals surface area (Å²) in [6.45, 7) is 2.25. The normalized spacial score (nSPS) is 16.7. The number of benzene rings is 1. The number of carbonyl (C=O) groups is 2. The molecule has 3 rings (SSSR count). The van der Waals surface area contributed by atoms with E-state index in [2.05, 4.69) is 15.5 Å². The van der Waals surface area contributed by atoms with Crippen LogP contribution in [0, 0.1) is 5.92 Å². The Hall–Kier alpha value is -2.37. The Kier molecular flexibility index (Phi) is 5.13. The van der Waals surface area contributed by atoms with Crippen LogP contribution < -0.4 is 5.32 Å². The molecular formula is C18H23N3O3. The summed E-state index contributed by atoms with van der Waals surface area (Å²) < 4.78 is 5.27. The van der Waals surface area contributed by atoms with Crippen molar-refractivity contribution in [3.63, 3.8) is 0 Å². The predicted molar refractivity (Wildman–Crippen MR) is 90.6 cm³/mol. The molecule has 0 unspecified atom stereocenters. The van der Waals surface area contributed by atoms with Crippen LogP contribution in [-0.2, 0) is 9.53 Å². The fraction of sp³-hybridized carbons (Fsp3) is 0.500. The Morgan fingerprint density at radius 3 is 2.83 bits per heavy atom. The SMILES string of the molecule is C[C@H](OC(=O)c1n[nH]c2ccccc12)C(=O)NCC1CCCCC1. The summed E-state index contributed by atoms with van der Waals surface area (Å²) in [6.07, 6.45) is 5.24. The van der Waals surface area contributed by atoms with Gasteiger partial charge in [0.2, 0.25) is 0 Å². The average Bonchev–Trinajstić information content (AvgIpc) is 3.04. The number of nitrogens with zero attached hydrogens (tertiary/aromatic N) is 1. The van der Waals surface area contributed by atoms with Gasteiger partial charge in [0.1, 0.15) is 0 Å². The van der Waals surface area contributed by atoms with Crippen molar-refractivity contribution in [1.82, 2.24) is 15.5 Å². The van der Waals surface area contributed by atoms with Crippen LogP contribution in [0.5, 0.6) is 0 Å². The molecule has 1 amide bonds. The van der Waals surface area contributed by atoms with Gasteiger partial charge in [-0.05, 0) is 31.7 Å². The van der Waals surface area contributed by atoms with Gasteiger partial charge in [0.25, 0.3) is 5.91 Å². The minimum absolute atomic E-state index is 0.206. The molecule has 0 saturated heterocycles. The highest BCUT2D eigenvalue weighted by atomic mass is 16.5. The van der Waals surface area contributed by atoms with E-state index in [0.717, 1.165) is 18.4 Å². The Labute approximate surface area is 141 Å². The number of aromatic amines is 1. The first-order valence-electron chi connectivity index (χ1n) is 8.57. The van der Waals surface area contributed by atoms with Crippen molar-refractivity contribution in [2.75, 3.05) is 6.54 Å². The molecule has 128 valence electrons. The van der Waals surface area contributed by atoms with Crippen LogP contribution >= 0.6 is 0 Å². The number of nitrogens with one attached hydrogen (secondary N) is 2. The molecule has 6 nitrogen and oxygen atoms in total. The van der Waals surface area contributed by atoms with Gasteiger partial charge in [0.05, 0.1) is 5.52 Å². The number of aromatic nitrogens is 2. The monoisotopic (exact) mass is 329 g/mol. The smallest absolute Gasteiger partial charge is 0.360 e. The second kappa shape index (κ2) is 7.47. The molecule has 1 heterocycles. The van der Waals surface area contributed by atoms with Gasteiger partial charge in [-0.1, -0.05) is 37.5 Å². The molecule has 24 heavy (non-hydrogen) atoms. The second-order valence-electron chi connectivity index (χ2n) is 6.41.